The number of carbonyl (C=O) groups excluding carboxylic acids is 1. The number of nitrogens with two attached hydrogens (primary N) is 1. The lowest BCUT2D eigenvalue weighted by atomic mass is 10.1. The van der Waals surface area contributed by atoms with E-state index < -0.39 is 0 Å². The number of rotatable bonds is 5. The van der Waals surface area contributed by atoms with Gasteiger partial charge in [0.15, 0.2) is 0 Å². The summed E-state index contributed by atoms with van der Waals surface area (Å²) in [6.45, 7) is 2.48. The molecule has 1 aromatic rings. The summed E-state index contributed by atoms with van der Waals surface area (Å²) in [6.07, 6.45) is 3.74. The predicted molar refractivity (Wildman–Crippen MR) is 78.2 cm³/mol. The minimum Gasteiger partial charge on any atom is -0.342 e. The topological polar surface area (TPSA) is 46.3 Å². The molecule has 5 heteroatoms. The van der Waals surface area contributed by atoms with Crippen molar-refractivity contribution in [2.45, 2.75) is 25.7 Å². The van der Waals surface area contributed by atoms with Gasteiger partial charge in [-0.15, -0.1) is 23.7 Å². The molecule has 2 heterocycles. The van der Waals surface area contributed by atoms with E-state index in [-0.39, 0.29) is 12.4 Å². The second-order valence-corrected chi connectivity index (χ2v) is 5.70. The SMILES string of the molecule is Cl.NCC1CCN(C(=O)CCCc2cccs2)C1. The molecule has 2 N–H and O–H groups in total. The number of aryl methyl sites for hydroxylation is 1. The highest BCUT2D eigenvalue weighted by Crippen LogP contribution is 2.17. The maximum atomic E-state index is 11.9. The van der Waals surface area contributed by atoms with E-state index in [4.69, 9.17) is 5.73 Å². The van der Waals surface area contributed by atoms with Gasteiger partial charge in [0.25, 0.3) is 0 Å². The van der Waals surface area contributed by atoms with Crippen LogP contribution in [0.2, 0.25) is 0 Å². The van der Waals surface area contributed by atoms with Crippen molar-refractivity contribution in [3.8, 4) is 0 Å². The van der Waals surface area contributed by atoms with E-state index in [1.165, 1.54) is 4.88 Å². The molecule has 0 bridgehead atoms. The molecule has 1 fully saturated rings. The monoisotopic (exact) mass is 288 g/mol. The van der Waals surface area contributed by atoms with Gasteiger partial charge < -0.3 is 10.6 Å². The molecule has 18 heavy (non-hydrogen) atoms. The van der Waals surface area contributed by atoms with Crippen LogP contribution in [0.15, 0.2) is 17.5 Å². The number of halogens is 1. The maximum Gasteiger partial charge on any atom is 0.222 e. The van der Waals surface area contributed by atoms with Crippen LogP contribution in [-0.2, 0) is 11.2 Å². The summed E-state index contributed by atoms with van der Waals surface area (Å²) in [5.74, 6) is 0.828. The van der Waals surface area contributed by atoms with Gasteiger partial charge in [-0.1, -0.05) is 6.07 Å². The Morgan fingerprint density at radius 2 is 2.39 bits per heavy atom. The van der Waals surface area contributed by atoms with Gasteiger partial charge in [-0.3, -0.25) is 4.79 Å². The van der Waals surface area contributed by atoms with Crippen LogP contribution in [-0.4, -0.2) is 30.4 Å². The highest BCUT2D eigenvalue weighted by molar-refractivity contribution is 7.09. The van der Waals surface area contributed by atoms with Crippen molar-refractivity contribution in [1.82, 2.24) is 4.90 Å². The highest BCUT2D eigenvalue weighted by atomic mass is 35.5. The van der Waals surface area contributed by atoms with Crippen LogP contribution in [0.1, 0.15) is 24.1 Å². The average Bonchev–Trinajstić information content (AvgIpc) is 2.99. The summed E-state index contributed by atoms with van der Waals surface area (Å²) in [4.78, 5) is 15.3. The van der Waals surface area contributed by atoms with E-state index in [9.17, 15) is 4.79 Å². The second kappa shape index (κ2) is 7.77. The predicted octanol–water partition coefficient (Wildman–Crippen LogP) is 2.30. The third kappa shape index (κ3) is 4.26. The van der Waals surface area contributed by atoms with Crippen LogP contribution >= 0.6 is 23.7 Å². The normalized spacial score (nSPS) is 18.7. The van der Waals surface area contributed by atoms with Crippen molar-refractivity contribution in [2.75, 3.05) is 19.6 Å². The largest absolute Gasteiger partial charge is 0.342 e. The van der Waals surface area contributed by atoms with E-state index in [0.29, 0.717) is 24.8 Å². The minimum atomic E-state index is 0. The van der Waals surface area contributed by atoms with E-state index in [1.54, 1.807) is 11.3 Å². The highest BCUT2D eigenvalue weighted by Gasteiger charge is 2.24. The lowest BCUT2D eigenvalue weighted by Crippen LogP contribution is -2.29. The fraction of sp³-hybridized carbons (Fsp3) is 0.615. The van der Waals surface area contributed by atoms with Crippen LogP contribution in [0, 0.1) is 5.92 Å². The van der Waals surface area contributed by atoms with Crippen molar-refractivity contribution in [1.29, 1.82) is 0 Å². The molecule has 1 aromatic heterocycles. The minimum absolute atomic E-state index is 0. The van der Waals surface area contributed by atoms with Gasteiger partial charge >= 0.3 is 0 Å². The first-order valence-corrected chi connectivity index (χ1v) is 7.18. The Labute approximate surface area is 119 Å². The van der Waals surface area contributed by atoms with Crippen molar-refractivity contribution < 1.29 is 4.79 Å². The van der Waals surface area contributed by atoms with E-state index in [1.807, 2.05) is 4.90 Å². The van der Waals surface area contributed by atoms with Crippen molar-refractivity contribution >= 4 is 29.7 Å². The van der Waals surface area contributed by atoms with Crippen LogP contribution < -0.4 is 5.73 Å². The van der Waals surface area contributed by atoms with Crippen LogP contribution in [0.25, 0.3) is 0 Å². The molecule has 1 amide bonds. The fourth-order valence-corrected chi connectivity index (χ4v) is 3.03. The van der Waals surface area contributed by atoms with Gasteiger partial charge in [-0.25, -0.2) is 0 Å². The van der Waals surface area contributed by atoms with Crippen LogP contribution in [0.4, 0.5) is 0 Å². The Bertz CT molecular complexity index is 356. The van der Waals surface area contributed by atoms with E-state index in [2.05, 4.69) is 17.5 Å². The molecule has 0 spiro atoms. The zero-order valence-corrected chi connectivity index (χ0v) is 12.1. The molecule has 1 saturated heterocycles. The average molecular weight is 289 g/mol. The quantitative estimate of drug-likeness (QED) is 0.904. The first-order valence-electron chi connectivity index (χ1n) is 6.30. The first-order chi connectivity index (χ1) is 8.29. The Kier molecular flexibility index (Phi) is 6.68. The Hall–Kier alpha value is -0.580. The Morgan fingerprint density at radius 1 is 1.56 bits per heavy atom. The van der Waals surface area contributed by atoms with Gasteiger partial charge in [0, 0.05) is 24.4 Å². The molecule has 1 unspecified atom stereocenters. The summed E-state index contributed by atoms with van der Waals surface area (Å²) in [5.41, 5.74) is 5.62. The van der Waals surface area contributed by atoms with Crippen molar-refractivity contribution in [3.63, 3.8) is 0 Å². The standard InChI is InChI=1S/C13H20N2OS.ClH/c14-9-11-6-7-15(10-11)13(16)5-1-3-12-4-2-8-17-12;/h2,4,8,11H,1,3,5-7,9-10,14H2;1H. The summed E-state index contributed by atoms with van der Waals surface area (Å²) in [5, 5.41) is 2.09. The van der Waals surface area contributed by atoms with Crippen molar-refractivity contribution in [2.24, 2.45) is 11.7 Å². The summed E-state index contributed by atoms with van der Waals surface area (Å²) < 4.78 is 0. The maximum absolute atomic E-state index is 11.9. The van der Waals surface area contributed by atoms with Gasteiger partial charge in [-0.05, 0) is 43.2 Å². The van der Waals surface area contributed by atoms with Crippen LogP contribution in [0.5, 0.6) is 0 Å². The van der Waals surface area contributed by atoms with Gasteiger partial charge in [0.2, 0.25) is 5.91 Å². The number of hydrogen-bond donors (Lipinski definition) is 1. The fourth-order valence-electron chi connectivity index (χ4n) is 2.28. The second-order valence-electron chi connectivity index (χ2n) is 4.66. The van der Waals surface area contributed by atoms with Gasteiger partial charge in [-0.2, -0.15) is 0 Å². The molecular formula is C13H21ClN2OS. The number of likely N-dealkylation sites (tertiary alicyclic amines) is 1. The zero-order valence-electron chi connectivity index (χ0n) is 10.5. The van der Waals surface area contributed by atoms with Crippen LogP contribution in [0.3, 0.4) is 0 Å². The van der Waals surface area contributed by atoms with Gasteiger partial charge in [0.05, 0.1) is 0 Å². The molecule has 1 atom stereocenters. The third-order valence-electron chi connectivity index (χ3n) is 3.37. The zero-order chi connectivity index (χ0) is 12.1. The molecule has 0 saturated carbocycles. The number of hydrogen-bond acceptors (Lipinski definition) is 3. The lowest BCUT2D eigenvalue weighted by Gasteiger charge is -2.15. The Balaban J connectivity index is 0.00000162. The smallest absolute Gasteiger partial charge is 0.222 e. The molecule has 102 valence electrons. The number of thiophene rings is 1. The molecule has 2 rings (SSSR count). The molecule has 1 aliphatic rings. The van der Waals surface area contributed by atoms with Gasteiger partial charge in [0.1, 0.15) is 0 Å². The summed E-state index contributed by atoms with van der Waals surface area (Å²) in [7, 11) is 0. The summed E-state index contributed by atoms with van der Waals surface area (Å²) in [6, 6.07) is 4.20. The number of nitrogens with zero attached hydrogens (tertiary/aromatic N) is 1. The molecule has 3 nitrogen and oxygen atoms in total. The Morgan fingerprint density at radius 3 is 3.00 bits per heavy atom. The molecule has 0 radical (unpaired) electrons. The number of amides is 1. The third-order valence-corrected chi connectivity index (χ3v) is 4.30. The summed E-state index contributed by atoms with van der Waals surface area (Å²) >= 11 is 1.77. The first kappa shape index (κ1) is 15.5. The molecule has 1 aliphatic heterocycles. The van der Waals surface area contributed by atoms with E-state index >= 15 is 0 Å². The molecule has 0 aliphatic carbocycles. The molecule has 0 aromatic carbocycles. The lowest BCUT2D eigenvalue weighted by molar-refractivity contribution is -0.130. The van der Waals surface area contributed by atoms with Crippen molar-refractivity contribution in [3.05, 3.63) is 22.4 Å². The molecular weight excluding hydrogens is 268 g/mol. The number of carbonyl (C=O) groups is 1. The van der Waals surface area contributed by atoms with E-state index in [0.717, 1.165) is 32.4 Å².